The molecule has 2 aromatic rings. The van der Waals surface area contributed by atoms with Gasteiger partial charge in [0.15, 0.2) is 0 Å². The molecular formula is C17H21BrN4. The van der Waals surface area contributed by atoms with Crippen LogP contribution in [0.1, 0.15) is 25.3 Å². The summed E-state index contributed by atoms with van der Waals surface area (Å²) < 4.78 is 1.09. The maximum Gasteiger partial charge on any atom is 0.135 e. The lowest BCUT2D eigenvalue weighted by atomic mass is 10.0. The third-order valence-corrected chi connectivity index (χ3v) is 4.93. The van der Waals surface area contributed by atoms with Crippen LogP contribution in [0.2, 0.25) is 0 Å². The maximum atomic E-state index is 4.44. The zero-order chi connectivity index (χ0) is 15.5. The van der Waals surface area contributed by atoms with Crippen LogP contribution < -0.4 is 10.2 Å². The molecule has 1 unspecified atom stereocenters. The summed E-state index contributed by atoms with van der Waals surface area (Å²) in [7, 11) is 0. The second-order valence-electron chi connectivity index (χ2n) is 6.04. The molecule has 22 heavy (non-hydrogen) atoms. The monoisotopic (exact) mass is 360 g/mol. The summed E-state index contributed by atoms with van der Waals surface area (Å²) in [5.74, 6) is 2.57. The first-order chi connectivity index (χ1) is 10.6. The highest BCUT2D eigenvalue weighted by Gasteiger charge is 2.17. The van der Waals surface area contributed by atoms with Crippen LogP contribution in [0.3, 0.4) is 0 Å². The molecule has 3 rings (SSSR count). The number of benzene rings is 1. The minimum absolute atomic E-state index is 0.730. The van der Waals surface area contributed by atoms with E-state index in [2.05, 4.69) is 68.2 Å². The molecule has 0 spiro atoms. The quantitative estimate of drug-likeness (QED) is 0.872. The Morgan fingerprint density at radius 3 is 2.91 bits per heavy atom. The van der Waals surface area contributed by atoms with E-state index in [0.717, 1.165) is 40.8 Å². The van der Waals surface area contributed by atoms with Crippen LogP contribution in [0.15, 0.2) is 35.1 Å². The van der Waals surface area contributed by atoms with Gasteiger partial charge in [-0.25, -0.2) is 9.97 Å². The molecule has 1 aromatic heterocycles. The summed E-state index contributed by atoms with van der Waals surface area (Å²) in [6.07, 6.45) is 4.18. The molecule has 0 bridgehead atoms. The van der Waals surface area contributed by atoms with Gasteiger partial charge in [0.25, 0.3) is 0 Å². The highest BCUT2D eigenvalue weighted by molar-refractivity contribution is 9.10. The van der Waals surface area contributed by atoms with Crippen molar-refractivity contribution in [3.05, 3.63) is 40.6 Å². The molecule has 1 N–H and O–H groups in total. The van der Waals surface area contributed by atoms with Crippen LogP contribution in [0.4, 0.5) is 17.3 Å². The number of aryl methyl sites for hydroxylation is 1. The van der Waals surface area contributed by atoms with E-state index in [4.69, 9.17) is 0 Å². The fourth-order valence-electron chi connectivity index (χ4n) is 2.80. The van der Waals surface area contributed by atoms with Gasteiger partial charge in [-0.05, 0) is 43.4 Å². The summed E-state index contributed by atoms with van der Waals surface area (Å²) in [6, 6.07) is 8.25. The Balaban J connectivity index is 1.77. The van der Waals surface area contributed by atoms with Gasteiger partial charge in [0.05, 0.1) is 0 Å². The van der Waals surface area contributed by atoms with Gasteiger partial charge in [0.2, 0.25) is 0 Å². The zero-order valence-corrected chi connectivity index (χ0v) is 14.6. The van der Waals surface area contributed by atoms with Crippen molar-refractivity contribution in [2.24, 2.45) is 5.92 Å². The number of nitrogens with zero attached hydrogens (tertiary/aromatic N) is 3. The van der Waals surface area contributed by atoms with Crippen molar-refractivity contribution in [2.75, 3.05) is 23.3 Å². The van der Waals surface area contributed by atoms with E-state index in [1.807, 2.05) is 6.07 Å². The number of hydrogen-bond donors (Lipinski definition) is 1. The SMILES string of the molecule is Cc1ccc(Nc2cc(N3CCCC(C)C3)ncn2)cc1Br. The number of halogens is 1. The predicted octanol–water partition coefficient (Wildman–Crippen LogP) is 4.53. The molecule has 1 saturated heterocycles. The maximum absolute atomic E-state index is 4.44. The van der Waals surface area contributed by atoms with Crippen LogP contribution in [0.25, 0.3) is 0 Å². The van der Waals surface area contributed by atoms with Crippen molar-refractivity contribution in [2.45, 2.75) is 26.7 Å². The molecule has 1 fully saturated rings. The molecule has 1 aromatic carbocycles. The molecule has 0 radical (unpaired) electrons. The zero-order valence-electron chi connectivity index (χ0n) is 13.0. The Labute approximate surface area is 140 Å². The summed E-state index contributed by atoms with van der Waals surface area (Å²) in [5.41, 5.74) is 2.24. The van der Waals surface area contributed by atoms with Crippen LogP contribution in [-0.4, -0.2) is 23.1 Å². The normalized spacial score (nSPS) is 18.3. The Kier molecular flexibility index (Phi) is 4.62. The molecule has 1 aliphatic rings. The van der Waals surface area contributed by atoms with E-state index in [1.165, 1.54) is 18.4 Å². The van der Waals surface area contributed by atoms with Crippen molar-refractivity contribution in [1.29, 1.82) is 0 Å². The van der Waals surface area contributed by atoms with Gasteiger partial charge in [0, 0.05) is 29.3 Å². The molecule has 4 nitrogen and oxygen atoms in total. The number of rotatable bonds is 3. The highest BCUT2D eigenvalue weighted by Crippen LogP contribution is 2.25. The largest absolute Gasteiger partial charge is 0.356 e. The average molecular weight is 361 g/mol. The van der Waals surface area contributed by atoms with E-state index < -0.39 is 0 Å². The minimum atomic E-state index is 0.730. The number of aromatic nitrogens is 2. The predicted molar refractivity (Wildman–Crippen MR) is 94.8 cm³/mol. The lowest BCUT2D eigenvalue weighted by Gasteiger charge is -2.31. The minimum Gasteiger partial charge on any atom is -0.356 e. The Bertz CT molecular complexity index is 659. The van der Waals surface area contributed by atoms with Crippen molar-refractivity contribution >= 4 is 33.3 Å². The summed E-state index contributed by atoms with van der Waals surface area (Å²) in [6.45, 7) is 6.54. The van der Waals surface area contributed by atoms with Gasteiger partial charge in [-0.15, -0.1) is 0 Å². The lowest BCUT2D eigenvalue weighted by Crippen LogP contribution is -2.34. The Hall–Kier alpha value is -1.62. The molecule has 1 aliphatic heterocycles. The van der Waals surface area contributed by atoms with Crippen LogP contribution in [0.5, 0.6) is 0 Å². The van der Waals surface area contributed by atoms with Crippen LogP contribution in [0, 0.1) is 12.8 Å². The number of piperidine rings is 1. The molecule has 0 amide bonds. The number of nitrogens with one attached hydrogen (secondary N) is 1. The summed E-state index contributed by atoms with van der Waals surface area (Å²) in [5, 5.41) is 3.35. The van der Waals surface area contributed by atoms with Gasteiger partial charge in [-0.2, -0.15) is 0 Å². The van der Waals surface area contributed by atoms with Crippen molar-refractivity contribution in [1.82, 2.24) is 9.97 Å². The molecule has 116 valence electrons. The highest BCUT2D eigenvalue weighted by atomic mass is 79.9. The van der Waals surface area contributed by atoms with Gasteiger partial charge in [-0.1, -0.05) is 28.9 Å². The first kappa shape index (κ1) is 15.3. The number of hydrogen-bond acceptors (Lipinski definition) is 4. The Morgan fingerprint density at radius 1 is 1.27 bits per heavy atom. The second-order valence-corrected chi connectivity index (χ2v) is 6.90. The number of anilines is 3. The van der Waals surface area contributed by atoms with E-state index in [9.17, 15) is 0 Å². The first-order valence-corrected chi connectivity index (χ1v) is 8.51. The molecule has 0 aliphatic carbocycles. The van der Waals surface area contributed by atoms with E-state index in [0.29, 0.717) is 0 Å². The molecule has 0 saturated carbocycles. The fourth-order valence-corrected chi connectivity index (χ4v) is 3.18. The fraction of sp³-hybridized carbons (Fsp3) is 0.412. The standard InChI is InChI=1S/C17H21BrN4/c1-12-4-3-7-22(10-12)17-9-16(19-11-20-17)21-14-6-5-13(2)15(18)8-14/h5-6,8-9,11-12H,3-4,7,10H2,1-2H3,(H,19,20,21). The van der Waals surface area contributed by atoms with Crippen LogP contribution in [-0.2, 0) is 0 Å². The van der Waals surface area contributed by atoms with Gasteiger partial charge in [-0.3, -0.25) is 0 Å². The van der Waals surface area contributed by atoms with E-state index >= 15 is 0 Å². The topological polar surface area (TPSA) is 41.0 Å². The third-order valence-electron chi connectivity index (χ3n) is 4.08. The second kappa shape index (κ2) is 6.65. The first-order valence-electron chi connectivity index (χ1n) is 7.72. The molecular weight excluding hydrogens is 340 g/mol. The molecule has 5 heteroatoms. The summed E-state index contributed by atoms with van der Waals surface area (Å²) in [4.78, 5) is 11.1. The van der Waals surface area contributed by atoms with E-state index in [-0.39, 0.29) is 0 Å². The lowest BCUT2D eigenvalue weighted by molar-refractivity contribution is 0.444. The van der Waals surface area contributed by atoms with Crippen molar-refractivity contribution in [3.63, 3.8) is 0 Å². The molecule has 1 atom stereocenters. The third kappa shape index (κ3) is 3.58. The summed E-state index contributed by atoms with van der Waals surface area (Å²) >= 11 is 3.56. The van der Waals surface area contributed by atoms with Crippen LogP contribution >= 0.6 is 15.9 Å². The van der Waals surface area contributed by atoms with Gasteiger partial charge >= 0.3 is 0 Å². The smallest absolute Gasteiger partial charge is 0.135 e. The average Bonchev–Trinajstić information content (AvgIpc) is 2.51. The van der Waals surface area contributed by atoms with Gasteiger partial charge in [0.1, 0.15) is 18.0 Å². The van der Waals surface area contributed by atoms with E-state index in [1.54, 1.807) is 6.33 Å². The Morgan fingerprint density at radius 2 is 2.14 bits per heavy atom. The van der Waals surface area contributed by atoms with Crippen molar-refractivity contribution < 1.29 is 0 Å². The molecule has 2 heterocycles. The van der Waals surface area contributed by atoms with Crippen molar-refractivity contribution in [3.8, 4) is 0 Å². The van der Waals surface area contributed by atoms with Gasteiger partial charge < -0.3 is 10.2 Å².